The van der Waals surface area contributed by atoms with Crippen LogP contribution >= 0.6 is 0 Å². The van der Waals surface area contributed by atoms with E-state index in [1.807, 2.05) is 64.7 Å². The Morgan fingerprint density at radius 2 is 1.59 bits per heavy atom. The molecule has 0 amide bonds. The fourth-order valence-corrected chi connectivity index (χ4v) is 6.06. The molecule has 0 radical (unpaired) electrons. The van der Waals surface area contributed by atoms with Crippen LogP contribution < -0.4 is 4.74 Å². The summed E-state index contributed by atoms with van der Waals surface area (Å²) >= 11 is 0. The predicted molar refractivity (Wildman–Crippen MR) is 178 cm³/mol. The van der Waals surface area contributed by atoms with Crippen LogP contribution in [0.1, 0.15) is 43.6 Å². The summed E-state index contributed by atoms with van der Waals surface area (Å²) in [5.74, 6) is 2.08. The van der Waals surface area contributed by atoms with Gasteiger partial charge in [0.2, 0.25) is 0 Å². The number of hydrogen-bond acceptors (Lipinski definition) is 3. The normalized spacial score (nSPS) is 12.1. The Kier molecular flexibility index (Phi) is 8.67. The molecule has 3 heterocycles. The molecule has 4 aromatic carbocycles. The van der Waals surface area contributed by atoms with Crippen molar-refractivity contribution in [3.63, 3.8) is 0 Å². The van der Waals surface area contributed by atoms with E-state index in [0.29, 0.717) is 29.2 Å². The number of hydrogen-bond donors (Lipinski definition) is 0. The Balaban J connectivity index is 0.00000372. The Morgan fingerprint density at radius 3 is 2.35 bits per heavy atom. The maximum atomic E-state index is 14.4. The van der Waals surface area contributed by atoms with E-state index < -0.39 is 0 Å². The van der Waals surface area contributed by atoms with Gasteiger partial charge in [0.25, 0.3) is 0 Å². The van der Waals surface area contributed by atoms with Crippen molar-refractivity contribution in [2.75, 3.05) is 0 Å². The molecule has 0 N–H and O–H groups in total. The number of fused-ring (bicyclic) bond motifs is 3. The van der Waals surface area contributed by atoms with E-state index in [1.54, 1.807) is 0 Å². The van der Waals surface area contributed by atoms with E-state index in [9.17, 15) is 4.39 Å². The van der Waals surface area contributed by atoms with Crippen LogP contribution in [0.15, 0.2) is 97.2 Å². The van der Waals surface area contributed by atoms with E-state index in [1.165, 1.54) is 23.9 Å². The third-order valence-corrected chi connectivity index (χ3v) is 8.69. The molecule has 46 heavy (non-hydrogen) atoms. The molecular formula is C39H33FN4OPt. The monoisotopic (exact) mass is 787 g/mol. The van der Waals surface area contributed by atoms with Crippen LogP contribution in [0.3, 0.4) is 0 Å². The van der Waals surface area contributed by atoms with Crippen LogP contribution in [0.4, 0.5) is 4.39 Å². The van der Waals surface area contributed by atoms with E-state index in [4.69, 9.17) is 9.84 Å². The summed E-state index contributed by atoms with van der Waals surface area (Å²) in [6, 6.07) is 36.2. The van der Waals surface area contributed by atoms with Crippen LogP contribution in [0, 0.1) is 37.7 Å². The van der Waals surface area contributed by atoms with Crippen molar-refractivity contribution in [2.24, 2.45) is 5.92 Å². The van der Waals surface area contributed by atoms with Gasteiger partial charge in [0.15, 0.2) is 0 Å². The first-order valence-corrected chi connectivity index (χ1v) is 15.2. The fraction of sp³-hybridized carbons (Fsp3) is 0.179. The minimum Gasteiger partial charge on any atom is -0.509 e. The van der Waals surface area contributed by atoms with E-state index in [0.717, 1.165) is 50.0 Å². The summed E-state index contributed by atoms with van der Waals surface area (Å²) in [5, 5.41) is 6.90. The number of nitrogens with zero attached hydrogens (tertiary/aromatic N) is 4. The van der Waals surface area contributed by atoms with E-state index >= 15 is 0 Å². The molecule has 0 saturated heterocycles. The molecule has 0 aliphatic rings. The van der Waals surface area contributed by atoms with Crippen molar-refractivity contribution < 1.29 is 30.2 Å². The first kappa shape index (κ1) is 31.4. The standard InChI is InChI=1S/C39H33FN4O.Pt/c1-24(2)25(3)29-14-17-36-35(20-29)34-16-15-33(23-37(34)43(36)38-21-30(40)18-19-41-38)45-32-13-9-12-31(22-32)44-27(5)39(26(4)42-44)28-10-7-6-8-11-28;/h6-21,24-25H,1-5H3;/q-2;+2. The van der Waals surface area contributed by atoms with Crippen LogP contribution in [0.5, 0.6) is 11.5 Å². The molecule has 0 fully saturated rings. The molecule has 1 atom stereocenters. The summed E-state index contributed by atoms with van der Waals surface area (Å²) < 4.78 is 24.6. The molecule has 7 rings (SSSR count). The topological polar surface area (TPSA) is 44.9 Å². The van der Waals surface area contributed by atoms with Gasteiger partial charge in [-0.2, -0.15) is 17.2 Å². The molecular weight excluding hydrogens is 755 g/mol. The predicted octanol–water partition coefficient (Wildman–Crippen LogP) is 9.94. The van der Waals surface area contributed by atoms with Gasteiger partial charge < -0.3 is 9.30 Å². The van der Waals surface area contributed by atoms with Crippen LogP contribution in [0.25, 0.3) is 44.4 Å². The Labute approximate surface area is 282 Å². The van der Waals surface area contributed by atoms with Crippen LogP contribution in [-0.4, -0.2) is 19.3 Å². The SMILES string of the molecule is Cc1nn(-c2[c-]c(Oc3[c-]c4c(cc3)c3cc(C(C)C(C)C)ccc3n4-c3cc(F)ccn3)ccc2)c(C)c1-c1ccccc1.[Pt+2]. The molecule has 5 nitrogen and oxygen atoms in total. The molecule has 7 aromatic rings. The average Bonchev–Trinajstić information content (AvgIpc) is 3.53. The summed E-state index contributed by atoms with van der Waals surface area (Å²) in [6.07, 6.45) is 1.49. The minimum absolute atomic E-state index is 0. The third-order valence-electron chi connectivity index (χ3n) is 8.69. The van der Waals surface area contributed by atoms with Gasteiger partial charge in [-0.05, 0) is 60.0 Å². The molecule has 3 aromatic heterocycles. The summed E-state index contributed by atoms with van der Waals surface area (Å²) in [4.78, 5) is 4.51. The molecule has 232 valence electrons. The van der Waals surface area contributed by atoms with Crippen LogP contribution in [0.2, 0.25) is 0 Å². The molecule has 0 bridgehead atoms. The quantitative estimate of drug-likeness (QED) is 0.151. The average molecular weight is 788 g/mol. The number of rotatable bonds is 7. The van der Waals surface area contributed by atoms with Gasteiger partial charge in [0.05, 0.1) is 5.69 Å². The first-order chi connectivity index (χ1) is 21.8. The summed E-state index contributed by atoms with van der Waals surface area (Å²) in [5.41, 5.74) is 7.94. The van der Waals surface area contributed by atoms with E-state index in [2.05, 4.69) is 75.1 Å². The number of aromatic nitrogens is 4. The zero-order chi connectivity index (χ0) is 31.2. The number of pyridine rings is 1. The third kappa shape index (κ3) is 5.67. The fourth-order valence-electron chi connectivity index (χ4n) is 6.06. The molecule has 0 aliphatic carbocycles. The maximum absolute atomic E-state index is 14.4. The molecule has 0 saturated carbocycles. The van der Waals surface area contributed by atoms with Crippen molar-refractivity contribution in [2.45, 2.75) is 40.5 Å². The van der Waals surface area contributed by atoms with Crippen molar-refractivity contribution in [1.29, 1.82) is 0 Å². The van der Waals surface area contributed by atoms with Crippen molar-refractivity contribution in [1.82, 2.24) is 19.3 Å². The van der Waals surface area contributed by atoms with Crippen LogP contribution in [-0.2, 0) is 21.1 Å². The first-order valence-electron chi connectivity index (χ1n) is 15.2. The zero-order valence-electron chi connectivity index (χ0n) is 26.3. The van der Waals surface area contributed by atoms with Gasteiger partial charge in [-0.15, -0.1) is 35.7 Å². The number of ether oxygens (including phenoxy) is 1. The van der Waals surface area contributed by atoms with Gasteiger partial charge in [-0.3, -0.25) is 4.68 Å². The van der Waals surface area contributed by atoms with Gasteiger partial charge in [-0.25, -0.2) is 9.37 Å². The molecule has 1 unspecified atom stereocenters. The zero-order valence-corrected chi connectivity index (χ0v) is 28.6. The summed E-state index contributed by atoms with van der Waals surface area (Å²) in [6.45, 7) is 10.8. The summed E-state index contributed by atoms with van der Waals surface area (Å²) in [7, 11) is 0. The maximum Gasteiger partial charge on any atom is 2.00 e. The number of halogens is 1. The van der Waals surface area contributed by atoms with Gasteiger partial charge in [0.1, 0.15) is 11.6 Å². The second-order valence-electron chi connectivity index (χ2n) is 11.9. The Hall–Kier alpha value is -4.54. The van der Waals surface area contributed by atoms with Crippen molar-refractivity contribution in [3.05, 3.63) is 132 Å². The van der Waals surface area contributed by atoms with Gasteiger partial charge >= 0.3 is 21.1 Å². The largest absolute Gasteiger partial charge is 2.00 e. The molecule has 7 heteroatoms. The van der Waals surface area contributed by atoms with Gasteiger partial charge in [-0.1, -0.05) is 68.8 Å². The smallest absolute Gasteiger partial charge is 0.509 e. The Morgan fingerprint density at radius 1 is 0.804 bits per heavy atom. The minimum atomic E-state index is -0.349. The second kappa shape index (κ2) is 12.7. The van der Waals surface area contributed by atoms with E-state index in [-0.39, 0.29) is 26.9 Å². The Bertz CT molecular complexity index is 2180. The second-order valence-corrected chi connectivity index (χ2v) is 11.9. The number of aryl methyl sites for hydroxylation is 1. The van der Waals surface area contributed by atoms with Gasteiger partial charge in [0, 0.05) is 40.5 Å². The molecule has 0 spiro atoms. The number of benzene rings is 4. The molecule has 0 aliphatic heterocycles. The van der Waals surface area contributed by atoms with Crippen molar-refractivity contribution >= 4 is 21.8 Å². The van der Waals surface area contributed by atoms with Crippen molar-refractivity contribution in [3.8, 4) is 34.1 Å².